The van der Waals surface area contributed by atoms with Gasteiger partial charge in [-0.15, -0.1) is 0 Å². The van der Waals surface area contributed by atoms with Gasteiger partial charge in [-0.3, -0.25) is 4.79 Å². The van der Waals surface area contributed by atoms with Gasteiger partial charge in [0.25, 0.3) is 0 Å². The third kappa shape index (κ3) is 4.15. The van der Waals surface area contributed by atoms with Crippen LogP contribution in [0.1, 0.15) is 13.0 Å². The van der Waals surface area contributed by atoms with E-state index >= 15 is 0 Å². The highest BCUT2D eigenvalue weighted by molar-refractivity contribution is 6.31. The highest BCUT2D eigenvalue weighted by Gasteiger charge is 2.20. The molecule has 0 saturated heterocycles. The van der Waals surface area contributed by atoms with E-state index in [4.69, 9.17) is 16.3 Å². The Labute approximate surface area is 160 Å². The fourth-order valence-electron chi connectivity index (χ4n) is 2.49. The van der Waals surface area contributed by atoms with Gasteiger partial charge in [-0.05, 0) is 25.1 Å². The number of methoxy groups -OCH3 is 1. The van der Waals surface area contributed by atoms with E-state index in [1.165, 1.54) is 13.3 Å². The van der Waals surface area contributed by atoms with Crippen molar-refractivity contribution in [2.45, 2.75) is 13.0 Å². The SMILES string of the molecule is COc1ccc(Cl)cc1NC(=O)C(C)n1ncc(-c2ccccc2)nc1=O. The minimum Gasteiger partial charge on any atom is -0.495 e. The van der Waals surface area contributed by atoms with E-state index in [0.29, 0.717) is 22.2 Å². The molecule has 138 valence electrons. The van der Waals surface area contributed by atoms with Gasteiger partial charge in [-0.2, -0.15) is 10.1 Å². The predicted molar refractivity (Wildman–Crippen MR) is 103 cm³/mol. The Kier molecular flexibility index (Phi) is 5.52. The molecule has 3 aromatic rings. The number of carbonyl (C=O) groups is 1. The molecule has 0 spiro atoms. The smallest absolute Gasteiger partial charge is 0.365 e. The Morgan fingerprint density at radius 3 is 2.63 bits per heavy atom. The maximum Gasteiger partial charge on any atom is 0.365 e. The lowest BCUT2D eigenvalue weighted by atomic mass is 10.2. The summed E-state index contributed by atoms with van der Waals surface area (Å²) in [4.78, 5) is 28.9. The molecule has 0 aliphatic heterocycles. The van der Waals surface area contributed by atoms with E-state index in [1.54, 1.807) is 25.1 Å². The van der Waals surface area contributed by atoms with Gasteiger partial charge in [0.2, 0.25) is 5.91 Å². The van der Waals surface area contributed by atoms with Gasteiger partial charge in [0.15, 0.2) is 0 Å². The maximum atomic E-state index is 12.6. The zero-order chi connectivity index (χ0) is 19.4. The zero-order valence-electron chi connectivity index (χ0n) is 14.7. The van der Waals surface area contributed by atoms with Crippen molar-refractivity contribution in [3.8, 4) is 17.0 Å². The Bertz CT molecular complexity index is 1020. The van der Waals surface area contributed by atoms with Gasteiger partial charge in [-0.25, -0.2) is 9.48 Å². The average Bonchev–Trinajstić information content (AvgIpc) is 2.68. The molecule has 1 N–H and O–H groups in total. The Morgan fingerprint density at radius 2 is 1.96 bits per heavy atom. The molecular formula is C19H17ClN4O3. The molecule has 0 aliphatic carbocycles. The third-order valence-corrected chi connectivity index (χ3v) is 4.19. The minimum atomic E-state index is -0.876. The molecule has 0 saturated carbocycles. The summed E-state index contributed by atoms with van der Waals surface area (Å²) in [6.07, 6.45) is 1.46. The molecule has 1 aromatic heterocycles. The largest absolute Gasteiger partial charge is 0.495 e. The summed E-state index contributed by atoms with van der Waals surface area (Å²) in [5.41, 5.74) is 1.01. The first kappa shape index (κ1) is 18.6. The molecule has 0 fully saturated rings. The third-order valence-electron chi connectivity index (χ3n) is 3.95. The van der Waals surface area contributed by atoms with Crippen LogP contribution in [0.3, 0.4) is 0 Å². The molecule has 3 rings (SSSR count). The fraction of sp³-hybridized carbons (Fsp3) is 0.158. The standard InChI is InChI=1S/C19H17ClN4O3/c1-12(18(25)22-15-10-14(20)8-9-17(15)27-2)24-19(26)23-16(11-21-24)13-6-4-3-5-7-13/h3-12H,1-2H3,(H,22,25). The summed E-state index contributed by atoms with van der Waals surface area (Å²) in [5.74, 6) is 0.0113. The van der Waals surface area contributed by atoms with Crippen molar-refractivity contribution in [1.29, 1.82) is 0 Å². The summed E-state index contributed by atoms with van der Waals surface area (Å²) in [6.45, 7) is 1.56. The number of halogens is 1. The molecule has 0 bridgehead atoms. The van der Waals surface area contributed by atoms with Crippen LogP contribution >= 0.6 is 11.6 Å². The van der Waals surface area contributed by atoms with Crippen LogP contribution in [0.25, 0.3) is 11.3 Å². The topological polar surface area (TPSA) is 86.1 Å². The van der Waals surface area contributed by atoms with Crippen LogP contribution in [-0.2, 0) is 4.79 Å². The van der Waals surface area contributed by atoms with Crippen molar-refractivity contribution in [2.75, 3.05) is 12.4 Å². The second-order valence-corrected chi connectivity index (χ2v) is 6.18. The average molecular weight is 385 g/mol. The number of anilines is 1. The molecule has 7 nitrogen and oxygen atoms in total. The summed E-state index contributed by atoms with van der Waals surface area (Å²) in [6, 6.07) is 13.2. The second-order valence-electron chi connectivity index (χ2n) is 5.74. The first-order valence-electron chi connectivity index (χ1n) is 8.15. The van der Waals surface area contributed by atoms with E-state index in [2.05, 4.69) is 15.4 Å². The van der Waals surface area contributed by atoms with Crippen LogP contribution in [0.5, 0.6) is 5.75 Å². The van der Waals surface area contributed by atoms with E-state index in [0.717, 1.165) is 10.2 Å². The fourth-order valence-corrected chi connectivity index (χ4v) is 2.66. The monoisotopic (exact) mass is 384 g/mol. The van der Waals surface area contributed by atoms with E-state index < -0.39 is 17.6 Å². The molecule has 1 amide bonds. The lowest BCUT2D eigenvalue weighted by molar-refractivity contribution is -0.119. The van der Waals surface area contributed by atoms with Crippen molar-refractivity contribution in [3.63, 3.8) is 0 Å². The summed E-state index contributed by atoms with van der Waals surface area (Å²) < 4.78 is 6.23. The molecule has 8 heteroatoms. The minimum absolute atomic E-state index is 0.406. The van der Waals surface area contributed by atoms with Crippen molar-refractivity contribution in [3.05, 3.63) is 70.2 Å². The molecular weight excluding hydrogens is 368 g/mol. The van der Waals surface area contributed by atoms with E-state index in [1.807, 2.05) is 30.3 Å². The summed E-state index contributed by atoms with van der Waals surface area (Å²) >= 11 is 5.97. The number of hydrogen-bond donors (Lipinski definition) is 1. The lowest BCUT2D eigenvalue weighted by Gasteiger charge is -2.15. The van der Waals surface area contributed by atoms with Crippen molar-refractivity contribution < 1.29 is 9.53 Å². The van der Waals surface area contributed by atoms with Crippen LogP contribution < -0.4 is 15.7 Å². The number of ether oxygens (including phenoxy) is 1. The second kappa shape index (κ2) is 8.01. The normalized spacial score (nSPS) is 11.7. The van der Waals surface area contributed by atoms with Crippen LogP contribution in [0, 0.1) is 0 Å². The van der Waals surface area contributed by atoms with E-state index in [-0.39, 0.29) is 0 Å². The predicted octanol–water partition coefficient (Wildman–Crippen LogP) is 3.17. The van der Waals surface area contributed by atoms with Gasteiger partial charge < -0.3 is 10.1 Å². The molecule has 27 heavy (non-hydrogen) atoms. The number of hydrogen-bond acceptors (Lipinski definition) is 5. The molecule has 1 unspecified atom stereocenters. The van der Waals surface area contributed by atoms with Gasteiger partial charge in [-0.1, -0.05) is 41.9 Å². The summed E-state index contributed by atoms with van der Waals surface area (Å²) in [5, 5.41) is 7.25. The zero-order valence-corrected chi connectivity index (χ0v) is 15.5. The van der Waals surface area contributed by atoms with Gasteiger partial charge in [0.05, 0.1) is 24.7 Å². The van der Waals surface area contributed by atoms with E-state index in [9.17, 15) is 9.59 Å². The molecule has 0 aliphatic rings. The molecule has 0 radical (unpaired) electrons. The molecule has 1 atom stereocenters. The quantitative estimate of drug-likeness (QED) is 0.730. The van der Waals surface area contributed by atoms with Crippen LogP contribution in [-0.4, -0.2) is 27.8 Å². The highest BCUT2D eigenvalue weighted by Crippen LogP contribution is 2.28. The van der Waals surface area contributed by atoms with Crippen molar-refractivity contribution in [2.24, 2.45) is 0 Å². The number of amides is 1. The first-order chi connectivity index (χ1) is 13.0. The number of rotatable bonds is 5. The number of nitrogens with one attached hydrogen (secondary N) is 1. The van der Waals surface area contributed by atoms with Crippen molar-refractivity contribution in [1.82, 2.24) is 14.8 Å². The first-order valence-corrected chi connectivity index (χ1v) is 8.53. The van der Waals surface area contributed by atoms with Gasteiger partial charge >= 0.3 is 5.69 Å². The highest BCUT2D eigenvalue weighted by atomic mass is 35.5. The van der Waals surface area contributed by atoms with Crippen LogP contribution in [0.4, 0.5) is 5.69 Å². The summed E-state index contributed by atoms with van der Waals surface area (Å²) in [7, 11) is 1.49. The Hall–Kier alpha value is -3.19. The van der Waals surface area contributed by atoms with Gasteiger partial charge in [0.1, 0.15) is 11.8 Å². The number of aromatic nitrogens is 3. The number of nitrogens with zero attached hydrogens (tertiary/aromatic N) is 3. The van der Waals surface area contributed by atoms with Gasteiger partial charge in [0, 0.05) is 10.6 Å². The Balaban J connectivity index is 1.83. The lowest BCUT2D eigenvalue weighted by Crippen LogP contribution is -2.34. The van der Waals surface area contributed by atoms with Crippen molar-refractivity contribution >= 4 is 23.2 Å². The Morgan fingerprint density at radius 1 is 1.22 bits per heavy atom. The number of benzene rings is 2. The van der Waals surface area contributed by atoms with Crippen LogP contribution in [0.2, 0.25) is 5.02 Å². The number of carbonyl (C=O) groups excluding carboxylic acids is 1. The molecule has 1 heterocycles. The maximum absolute atomic E-state index is 12.6. The molecule has 2 aromatic carbocycles. The van der Waals surface area contributed by atoms with Crippen LogP contribution in [0.15, 0.2) is 59.5 Å².